The molecule has 7 heavy (non-hydrogen) atoms. The fourth-order valence-electron chi connectivity index (χ4n) is 0.118. The summed E-state index contributed by atoms with van der Waals surface area (Å²) in [5, 5.41) is 0. The average Bonchev–Trinajstić information content (AvgIpc) is 1.68. The molecule has 1 N–H and O–H groups in total. The van der Waals surface area contributed by atoms with Gasteiger partial charge in [0.25, 0.3) is 0 Å². The highest BCUT2D eigenvalue weighted by molar-refractivity contribution is 5.70. The van der Waals surface area contributed by atoms with Crippen LogP contribution in [0.3, 0.4) is 0 Å². The highest BCUT2D eigenvalue weighted by Gasteiger charge is 1.94. The Morgan fingerprint density at radius 1 is 1.86 bits per heavy atom. The van der Waals surface area contributed by atoms with Gasteiger partial charge in [0.1, 0.15) is 0 Å². The molecule has 0 saturated heterocycles. The fraction of sp³-hybridized carbons (Fsp3) is 0.667. The van der Waals surface area contributed by atoms with Crippen molar-refractivity contribution in [3.8, 4) is 0 Å². The van der Waals surface area contributed by atoms with Gasteiger partial charge in [-0.25, -0.2) is 4.79 Å². The summed E-state index contributed by atoms with van der Waals surface area (Å²) in [5.74, 6) is 5.50. The van der Waals surface area contributed by atoms with E-state index in [0.717, 1.165) is 0 Å². The molecular formula is C3H6NO3. The van der Waals surface area contributed by atoms with Crippen LogP contribution in [0.25, 0.3) is 0 Å². The van der Waals surface area contributed by atoms with Crippen LogP contribution < -0.4 is 5.90 Å². The quantitative estimate of drug-likeness (QED) is 0.346. The molecule has 4 heteroatoms. The predicted octanol–water partition coefficient (Wildman–Crippen LogP) is -0.626. The Morgan fingerprint density at radius 3 is 2.57 bits per heavy atom. The van der Waals surface area contributed by atoms with Crippen LogP contribution in [0.5, 0.6) is 0 Å². The number of ether oxygens (including phenoxy) is 1. The molecule has 0 aliphatic heterocycles. The minimum Gasteiger partial charge on any atom is -0.467 e. The first kappa shape index (κ1) is 6.39. The third-order valence-electron chi connectivity index (χ3n) is 0.418. The van der Waals surface area contributed by atoms with Gasteiger partial charge in [-0.1, -0.05) is 0 Å². The van der Waals surface area contributed by atoms with Gasteiger partial charge >= 0.3 is 5.97 Å². The van der Waals surface area contributed by atoms with E-state index in [2.05, 4.69) is 9.57 Å². The van der Waals surface area contributed by atoms with E-state index in [1.807, 2.05) is 0 Å². The Morgan fingerprint density at radius 2 is 2.43 bits per heavy atom. The van der Waals surface area contributed by atoms with Crippen molar-refractivity contribution in [1.82, 2.24) is 5.90 Å². The number of carbonyl (C=O) groups excluding carboxylic acids is 1. The zero-order chi connectivity index (χ0) is 5.70. The van der Waals surface area contributed by atoms with Gasteiger partial charge in [-0.05, 0) is 0 Å². The Hall–Kier alpha value is -0.610. The molecule has 0 spiro atoms. The monoisotopic (exact) mass is 104 g/mol. The summed E-state index contributed by atoms with van der Waals surface area (Å²) >= 11 is 0. The van der Waals surface area contributed by atoms with Crippen molar-refractivity contribution in [2.75, 3.05) is 13.7 Å². The first-order chi connectivity index (χ1) is 3.31. The lowest BCUT2D eigenvalue weighted by Crippen LogP contribution is -2.08. The van der Waals surface area contributed by atoms with E-state index in [4.69, 9.17) is 5.90 Å². The summed E-state index contributed by atoms with van der Waals surface area (Å²) in [5.41, 5.74) is 0. The van der Waals surface area contributed by atoms with Crippen LogP contribution >= 0.6 is 0 Å². The Balaban J connectivity index is 3.00. The zero-order valence-corrected chi connectivity index (χ0v) is 3.93. The molecule has 1 radical (unpaired) electrons. The number of methoxy groups -OCH3 is 1. The van der Waals surface area contributed by atoms with Gasteiger partial charge in [0.2, 0.25) is 0 Å². The zero-order valence-electron chi connectivity index (χ0n) is 3.93. The number of hydrogen-bond donors (Lipinski definition) is 0. The standard InChI is InChI=1S/C3H6NO3/c1-6-3(5)2-7-4/h4H,2H2,1H3. The van der Waals surface area contributed by atoms with Crippen molar-refractivity contribution in [1.29, 1.82) is 0 Å². The first-order valence-electron chi connectivity index (χ1n) is 1.66. The van der Waals surface area contributed by atoms with Gasteiger partial charge in [0.15, 0.2) is 6.61 Å². The van der Waals surface area contributed by atoms with Gasteiger partial charge in [0, 0.05) is 0 Å². The Kier molecular flexibility index (Phi) is 3.26. The molecule has 0 heterocycles. The molecule has 0 bridgehead atoms. The van der Waals surface area contributed by atoms with Gasteiger partial charge in [-0.3, -0.25) is 4.84 Å². The molecule has 0 aromatic heterocycles. The van der Waals surface area contributed by atoms with Crippen LogP contribution in [0.4, 0.5) is 0 Å². The van der Waals surface area contributed by atoms with Crippen LogP contribution in [0.15, 0.2) is 0 Å². The van der Waals surface area contributed by atoms with Crippen LogP contribution in [-0.4, -0.2) is 19.7 Å². The Bertz CT molecular complexity index is 63.2. The fourth-order valence-corrected chi connectivity index (χ4v) is 0.118. The summed E-state index contributed by atoms with van der Waals surface area (Å²) in [6.07, 6.45) is 0. The molecule has 0 atom stereocenters. The SMILES string of the molecule is COC(=O)CO[NH]. The summed E-state index contributed by atoms with van der Waals surface area (Å²) in [7, 11) is 1.24. The predicted molar refractivity (Wildman–Crippen MR) is 21.1 cm³/mol. The van der Waals surface area contributed by atoms with Crippen LogP contribution in [0.2, 0.25) is 0 Å². The highest BCUT2D eigenvalue weighted by atomic mass is 16.6. The summed E-state index contributed by atoms with van der Waals surface area (Å²) in [4.78, 5) is 13.6. The van der Waals surface area contributed by atoms with Crippen molar-refractivity contribution in [2.24, 2.45) is 0 Å². The van der Waals surface area contributed by atoms with Crippen molar-refractivity contribution in [3.63, 3.8) is 0 Å². The second kappa shape index (κ2) is 3.58. The van der Waals surface area contributed by atoms with Gasteiger partial charge in [0.05, 0.1) is 7.11 Å². The largest absolute Gasteiger partial charge is 0.467 e. The number of hydrogen-bond acceptors (Lipinski definition) is 3. The third kappa shape index (κ3) is 3.21. The smallest absolute Gasteiger partial charge is 0.334 e. The molecule has 0 unspecified atom stereocenters. The average molecular weight is 104 g/mol. The molecule has 0 saturated carbocycles. The number of esters is 1. The van der Waals surface area contributed by atoms with Crippen molar-refractivity contribution >= 4 is 5.97 Å². The van der Waals surface area contributed by atoms with Crippen LogP contribution in [0, 0.1) is 0 Å². The third-order valence-corrected chi connectivity index (χ3v) is 0.418. The van der Waals surface area contributed by atoms with Crippen molar-refractivity contribution in [2.45, 2.75) is 0 Å². The minimum atomic E-state index is -0.532. The van der Waals surface area contributed by atoms with E-state index in [1.165, 1.54) is 7.11 Å². The van der Waals surface area contributed by atoms with Crippen LogP contribution in [-0.2, 0) is 14.4 Å². The van der Waals surface area contributed by atoms with Crippen molar-refractivity contribution in [3.05, 3.63) is 0 Å². The molecule has 41 valence electrons. The molecule has 0 rings (SSSR count). The van der Waals surface area contributed by atoms with E-state index < -0.39 is 5.97 Å². The van der Waals surface area contributed by atoms with Crippen LogP contribution in [0.1, 0.15) is 0 Å². The lowest BCUT2D eigenvalue weighted by atomic mass is 10.7. The first-order valence-corrected chi connectivity index (χ1v) is 1.66. The Labute approximate surface area is 41.2 Å². The second-order valence-corrected chi connectivity index (χ2v) is 0.865. The van der Waals surface area contributed by atoms with E-state index >= 15 is 0 Å². The van der Waals surface area contributed by atoms with E-state index in [1.54, 1.807) is 0 Å². The highest BCUT2D eigenvalue weighted by Crippen LogP contribution is 1.70. The molecular weight excluding hydrogens is 98.0 g/mol. The molecule has 0 amide bonds. The normalized spacial score (nSPS) is 8.29. The minimum absolute atomic E-state index is 0.295. The second-order valence-electron chi connectivity index (χ2n) is 0.865. The van der Waals surface area contributed by atoms with E-state index in [9.17, 15) is 4.79 Å². The maximum Gasteiger partial charge on any atom is 0.334 e. The number of rotatable bonds is 2. The molecule has 0 aliphatic rings. The lowest BCUT2D eigenvalue weighted by Gasteiger charge is -1.91. The lowest BCUT2D eigenvalue weighted by molar-refractivity contribution is -0.146. The van der Waals surface area contributed by atoms with E-state index in [0.29, 0.717) is 0 Å². The summed E-state index contributed by atoms with van der Waals surface area (Å²) in [6.45, 7) is -0.295. The number of carbonyl (C=O) groups is 1. The summed E-state index contributed by atoms with van der Waals surface area (Å²) in [6, 6.07) is 0. The molecule has 0 aromatic carbocycles. The van der Waals surface area contributed by atoms with E-state index in [-0.39, 0.29) is 6.61 Å². The maximum absolute atomic E-state index is 9.94. The molecule has 0 aliphatic carbocycles. The summed E-state index contributed by atoms with van der Waals surface area (Å²) < 4.78 is 4.11. The molecule has 0 fully saturated rings. The molecule has 4 nitrogen and oxygen atoms in total. The van der Waals surface area contributed by atoms with Gasteiger partial charge < -0.3 is 4.74 Å². The number of nitrogens with one attached hydrogen (secondary N) is 1. The van der Waals surface area contributed by atoms with Gasteiger partial charge in [-0.15, -0.1) is 5.90 Å². The van der Waals surface area contributed by atoms with Gasteiger partial charge in [-0.2, -0.15) is 0 Å². The molecule has 0 aromatic rings. The van der Waals surface area contributed by atoms with Crippen molar-refractivity contribution < 1.29 is 14.4 Å². The maximum atomic E-state index is 9.94. The topological polar surface area (TPSA) is 59.3 Å².